The number of ketones is 3. The van der Waals surface area contributed by atoms with Gasteiger partial charge in [0.1, 0.15) is 5.67 Å². The SMILES string of the molecule is CCOC(=O)N[C@H](CC1(F)CCCC1)C(=O)CC1(C(=O)C(=O)Cc2ccn(C)n2)CCC1. The number of aryl methyl sites for hydroxylation is 1. The summed E-state index contributed by atoms with van der Waals surface area (Å²) in [7, 11) is 1.72. The van der Waals surface area contributed by atoms with Gasteiger partial charge < -0.3 is 10.1 Å². The van der Waals surface area contributed by atoms with Gasteiger partial charge in [-0.05, 0) is 38.7 Å². The van der Waals surface area contributed by atoms with E-state index in [1.807, 2.05) is 0 Å². The largest absolute Gasteiger partial charge is 0.450 e. The minimum absolute atomic E-state index is 0.117. The van der Waals surface area contributed by atoms with E-state index >= 15 is 4.39 Å². The zero-order chi connectivity index (χ0) is 23.4. The summed E-state index contributed by atoms with van der Waals surface area (Å²) in [6, 6.07) is 0.582. The van der Waals surface area contributed by atoms with Crippen molar-refractivity contribution in [1.29, 1.82) is 0 Å². The molecule has 1 N–H and O–H groups in total. The third-order valence-electron chi connectivity index (χ3n) is 6.69. The van der Waals surface area contributed by atoms with Crippen LogP contribution in [0.5, 0.6) is 0 Å². The van der Waals surface area contributed by atoms with E-state index in [1.165, 1.54) is 0 Å². The molecule has 0 spiro atoms. The molecule has 2 aliphatic carbocycles. The average Bonchev–Trinajstić information content (AvgIpc) is 3.31. The van der Waals surface area contributed by atoms with Gasteiger partial charge in [0.05, 0.1) is 24.8 Å². The molecule has 2 saturated carbocycles. The van der Waals surface area contributed by atoms with Crippen LogP contribution in [0, 0.1) is 5.41 Å². The lowest BCUT2D eigenvalue weighted by atomic mass is 9.61. The Balaban J connectivity index is 1.70. The van der Waals surface area contributed by atoms with E-state index in [-0.39, 0.29) is 25.9 Å². The molecule has 1 aromatic heterocycles. The molecule has 0 radical (unpaired) electrons. The number of hydrogen-bond acceptors (Lipinski definition) is 6. The van der Waals surface area contributed by atoms with Crippen LogP contribution in [0.2, 0.25) is 0 Å². The van der Waals surface area contributed by atoms with Crippen molar-refractivity contribution in [1.82, 2.24) is 15.1 Å². The molecule has 3 rings (SSSR count). The first-order valence-corrected chi connectivity index (χ1v) is 11.4. The number of halogens is 1. The summed E-state index contributed by atoms with van der Waals surface area (Å²) in [5.74, 6) is -1.59. The van der Waals surface area contributed by atoms with Crippen molar-refractivity contribution in [3.05, 3.63) is 18.0 Å². The molecule has 0 aromatic carbocycles. The van der Waals surface area contributed by atoms with E-state index in [2.05, 4.69) is 10.4 Å². The maximum absolute atomic E-state index is 15.1. The van der Waals surface area contributed by atoms with E-state index in [0.717, 1.165) is 19.3 Å². The standard InChI is InChI=1S/C23H32FN3O5/c1-3-32-21(31)25-17(14-23(24)10-4-5-11-23)19(29)15-22(8-6-9-22)20(30)18(28)13-16-7-12-27(2)26-16/h7,12,17H,3-6,8-11,13-15H2,1-2H3,(H,25,31)/t17-/m1/s1. The van der Waals surface area contributed by atoms with Crippen LogP contribution in [0.1, 0.15) is 70.4 Å². The maximum Gasteiger partial charge on any atom is 0.407 e. The summed E-state index contributed by atoms with van der Waals surface area (Å²) in [5, 5.41) is 6.63. The number of ether oxygens (including phenoxy) is 1. The Kier molecular flexibility index (Phi) is 7.46. The molecule has 1 aromatic rings. The highest BCUT2D eigenvalue weighted by atomic mass is 19.1. The number of aromatic nitrogens is 2. The number of alkyl carbamates (subject to hydrolysis) is 1. The molecule has 1 atom stereocenters. The van der Waals surface area contributed by atoms with Gasteiger partial charge in [0.25, 0.3) is 0 Å². The number of nitrogens with one attached hydrogen (secondary N) is 1. The zero-order valence-electron chi connectivity index (χ0n) is 18.8. The highest BCUT2D eigenvalue weighted by molar-refractivity contribution is 6.40. The molecule has 1 amide bonds. The van der Waals surface area contributed by atoms with Crippen molar-refractivity contribution in [3.63, 3.8) is 0 Å². The number of nitrogens with zero attached hydrogens (tertiary/aromatic N) is 2. The van der Waals surface area contributed by atoms with Gasteiger partial charge in [-0.3, -0.25) is 19.1 Å². The normalized spacial score (nSPS) is 19.6. The molecule has 0 unspecified atom stereocenters. The summed E-state index contributed by atoms with van der Waals surface area (Å²) in [5.41, 5.74) is -2.10. The van der Waals surface area contributed by atoms with Crippen molar-refractivity contribution in [2.24, 2.45) is 12.5 Å². The average molecular weight is 450 g/mol. The molecule has 9 heteroatoms. The van der Waals surface area contributed by atoms with Crippen LogP contribution in [0.25, 0.3) is 0 Å². The smallest absolute Gasteiger partial charge is 0.407 e. The molecule has 1 heterocycles. The number of hydrogen-bond donors (Lipinski definition) is 1. The Morgan fingerprint density at radius 2 is 1.88 bits per heavy atom. The minimum atomic E-state index is -1.52. The molecule has 0 aliphatic heterocycles. The molecule has 2 aliphatic rings. The van der Waals surface area contributed by atoms with Gasteiger partial charge in [0, 0.05) is 31.5 Å². The first-order valence-electron chi connectivity index (χ1n) is 11.4. The number of carbonyl (C=O) groups excluding carboxylic acids is 4. The van der Waals surface area contributed by atoms with Crippen molar-refractivity contribution in [2.75, 3.05) is 6.61 Å². The Hall–Kier alpha value is -2.58. The van der Waals surface area contributed by atoms with E-state index < -0.39 is 40.6 Å². The van der Waals surface area contributed by atoms with Crippen LogP contribution >= 0.6 is 0 Å². The number of Topliss-reactive ketones (excluding diaryl/α,β-unsaturated/α-hetero) is 3. The Morgan fingerprint density at radius 3 is 2.41 bits per heavy atom. The van der Waals surface area contributed by atoms with Gasteiger partial charge in [0.2, 0.25) is 11.6 Å². The molecule has 0 saturated heterocycles. The van der Waals surface area contributed by atoms with Crippen LogP contribution in [0.3, 0.4) is 0 Å². The molecule has 2 fully saturated rings. The predicted molar refractivity (Wildman–Crippen MR) is 114 cm³/mol. The first kappa shape index (κ1) is 24.1. The van der Waals surface area contributed by atoms with Crippen LogP contribution in [-0.2, 0) is 32.6 Å². The Morgan fingerprint density at radius 1 is 1.19 bits per heavy atom. The van der Waals surface area contributed by atoms with Crippen LogP contribution in [0.15, 0.2) is 12.3 Å². The lowest BCUT2D eigenvalue weighted by Crippen LogP contribution is -2.50. The van der Waals surface area contributed by atoms with Gasteiger partial charge in [-0.25, -0.2) is 9.18 Å². The summed E-state index contributed by atoms with van der Waals surface area (Å²) in [6.45, 7) is 1.76. The van der Waals surface area contributed by atoms with Crippen LogP contribution < -0.4 is 5.32 Å². The lowest BCUT2D eigenvalue weighted by molar-refractivity contribution is -0.148. The summed E-state index contributed by atoms with van der Waals surface area (Å²) >= 11 is 0. The van der Waals surface area contributed by atoms with E-state index in [9.17, 15) is 19.2 Å². The second kappa shape index (κ2) is 9.92. The lowest BCUT2D eigenvalue weighted by Gasteiger charge is -2.40. The van der Waals surface area contributed by atoms with Crippen LogP contribution in [-0.4, -0.2) is 51.5 Å². The van der Waals surface area contributed by atoms with Crippen LogP contribution in [0.4, 0.5) is 9.18 Å². The minimum Gasteiger partial charge on any atom is -0.450 e. The number of carbonyl (C=O) groups is 4. The van der Waals surface area contributed by atoms with Crippen molar-refractivity contribution in [3.8, 4) is 0 Å². The third kappa shape index (κ3) is 5.61. The second-order valence-corrected chi connectivity index (χ2v) is 9.17. The van der Waals surface area contributed by atoms with Gasteiger partial charge >= 0.3 is 6.09 Å². The van der Waals surface area contributed by atoms with E-state index in [0.29, 0.717) is 31.4 Å². The van der Waals surface area contributed by atoms with Gasteiger partial charge in [0.15, 0.2) is 5.78 Å². The van der Waals surface area contributed by atoms with Gasteiger partial charge in [-0.15, -0.1) is 0 Å². The second-order valence-electron chi connectivity index (χ2n) is 9.17. The van der Waals surface area contributed by atoms with Crippen molar-refractivity contribution >= 4 is 23.4 Å². The number of rotatable bonds is 11. The van der Waals surface area contributed by atoms with Crippen molar-refractivity contribution < 1.29 is 28.3 Å². The Bertz CT molecular complexity index is 871. The van der Waals surface area contributed by atoms with E-state index in [1.54, 1.807) is 30.9 Å². The fraction of sp³-hybridized carbons (Fsp3) is 0.696. The summed E-state index contributed by atoms with van der Waals surface area (Å²) < 4.78 is 21.6. The molecule has 0 bridgehead atoms. The molecule has 32 heavy (non-hydrogen) atoms. The maximum atomic E-state index is 15.1. The molecular formula is C23H32FN3O5. The first-order chi connectivity index (χ1) is 15.2. The van der Waals surface area contributed by atoms with Crippen molar-refractivity contribution in [2.45, 2.75) is 82.8 Å². The fourth-order valence-electron chi connectivity index (χ4n) is 4.78. The Labute approximate surface area is 187 Å². The fourth-order valence-corrected chi connectivity index (χ4v) is 4.78. The molecule has 176 valence electrons. The quantitative estimate of drug-likeness (QED) is 0.521. The molecular weight excluding hydrogens is 417 g/mol. The topological polar surface area (TPSA) is 107 Å². The number of alkyl halides is 1. The number of amides is 1. The summed E-state index contributed by atoms with van der Waals surface area (Å²) in [6.07, 6.45) is 4.21. The predicted octanol–water partition coefficient (Wildman–Crippen LogP) is 3.02. The molecule has 8 nitrogen and oxygen atoms in total. The van der Waals surface area contributed by atoms with Gasteiger partial charge in [-0.2, -0.15) is 5.10 Å². The van der Waals surface area contributed by atoms with E-state index in [4.69, 9.17) is 4.74 Å². The highest BCUT2D eigenvalue weighted by Crippen LogP contribution is 2.46. The summed E-state index contributed by atoms with van der Waals surface area (Å²) in [4.78, 5) is 50.9. The highest BCUT2D eigenvalue weighted by Gasteiger charge is 2.49. The monoisotopic (exact) mass is 449 g/mol. The third-order valence-corrected chi connectivity index (χ3v) is 6.69. The van der Waals surface area contributed by atoms with Gasteiger partial charge in [-0.1, -0.05) is 19.3 Å². The zero-order valence-corrected chi connectivity index (χ0v) is 18.8.